The van der Waals surface area contributed by atoms with Crippen LogP contribution in [0.5, 0.6) is 5.75 Å². The molecule has 3 rings (SSSR count). The molecule has 1 heterocycles. The van der Waals surface area contributed by atoms with Crippen LogP contribution in [0, 0.1) is 6.92 Å². The van der Waals surface area contributed by atoms with Gasteiger partial charge in [-0.05, 0) is 30.7 Å². The SMILES string of the molecule is Cc1ccc(NC(=O)Nc2ccccc2)cc1OCCN1CCOCC1. The minimum absolute atomic E-state index is 0.278. The molecule has 0 aliphatic carbocycles. The first-order valence-electron chi connectivity index (χ1n) is 8.87. The van der Waals surface area contributed by atoms with Crippen molar-refractivity contribution in [2.75, 3.05) is 50.1 Å². The van der Waals surface area contributed by atoms with E-state index in [-0.39, 0.29) is 6.03 Å². The van der Waals surface area contributed by atoms with Crippen LogP contribution in [0.2, 0.25) is 0 Å². The fourth-order valence-corrected chi connectivity index (χ4v) is 2.76. The van der Waals surface area contributed by atoms with Gasteiger partial charge in [-0.3, -0.25) is 4.90 Å². The average molecular weight is 355 g/mol. The third-order valence-electron chi connectivity index (χ3n) is 4.25. The smallest absolute Gasteiger partial charge is 0.323 e. The van der Waals surface area contributed by atoms with E-state index < -0.39 is 0 Å². The first-order valence-corrected chi connectivity index (χ1v) is 8.87. The maximum atomic E-state index is 12.1. The number of para-hydroxylation sites is 1. The van der Waals surface area contributed by atoms with Crippen LogP contribution in [-0.2, 0) is 4.74 Å². The van der Waals surface area contributed by atoms with Crippen molar-refractivity contribution in [3.63, 3.8) is 0 Å². The average Bonchev–Trinajstić information content (AvgIpc) is 2.66. The highest BCUT2D eigenvalue weighted by atomic mass is 16.5. The van der Waals surface area contributed by atoms with E-state index in [9.17, 15) is 4.79 Å². The van der Waals surface area contributed by atoms with Gasteiger partial charge in [0.05, 0.1) is 13.2 Å². The number of aryl methyl sites for hydroxylation is 1. The molecular formula is C20H25N3O3. The van der Waals surface area contributed by atoms with Crippen molar-refractivity contribution in [2.45, 2.75) is 6.92 Å². The molecule has 2 N–H and O–H groups in total. The summed E-state index contributed by atoms with van der Waals surface area (Å²) < 4.78 is 11.3. The fourth-order valence-electron chi connectivity index (χ4n) is 2.76. The zero-order valence-corrected chi connectivity index (χ0v) is 15.0. The lowest BCUT2D eigenvalue weighted by molar-refractivity contribution is 0.0322. The van der Waals surface area contributed by atoms with Gasteiger partial charge in [-0.1, -0.05) is 24.3 Å². The van der Waals surface area contributed by atoms with E-state index >= 15 is 0 Å². The zero-order chi connectivity index (χ0) is 18.2. The molecule has 1 aliphatic rings. The van der Waals surface area contributed by atoms with Crippen LogP contribution in [0.15, 0.2) is 48.5 Å². The lowest BCUT2D eigenvalue weighted by Crippen LogP contribution is -2.38. The molecule has 6 heteroatoms. The van der Waals surface area contributed by atoms with Crippen molar-refractivity contribution >= 4 is 17.4 Å². The highest BCUT2D eigenvalue weighted by Gasteiger charge is 2.11. The van der Waals surface area contributed by atoms with Crippen molar-refractivity contribution in [2.24, 2.45) is 0 Å². The summed E-state index contributed by atoms with van der Waals surface area (Å²) in [6.45, 7) is 6.95. The van der Waals surface area contributed by atoms with Gasteiger partial charge in [0, 0.05) is 37.1 Å². The molecular weight excluding hydrogens is 330 g/mol. The number of anilines is 2. The number of hydrogen-bond donors (Lipinski definition) is 2. The third kappa shape index (κ3) is 5.47. The highest BCUT2D eigenvalue weighted by molar-refractivity contribution is 5.99. The fraction of sp³-hybridized carbons (Fsp3) is 0.350. The van der Waals surface area contributed by atoms with Gasteiger partial charge in [-0.2, -0.15) is 0 Å². The Kier molecular flexibility index (Phi) is 6.46. The van der Waals surface area contributed by atoms with Gasteiger partial charge in [0.25, 0.3) is 0 Å². The molecule has 6 nitrogen and oxygen atoms in total. The Balaban J connectivity index is 1.52. The van der Waals surface area contributed by atoms with Gasteiger partial charge in [-0.15, -0.1) is 0 Å². The molecule has 0 unspecified atom stereocenters. The molecule has 0 radical (unpaired) electrons. The molecule has 0 aromatic heterocycles. The van der Waals surface area contributed by atoms with E-state index in [1.807, 2.05) is 55.5 Å². The summed E-state index contributed by atoms with van der Waals surface area (Å²) in [4.78, 5) is 14.4. The molecule has 1 fully saturated rings. The summed E-state index contributed by atoms with van der Waals surface area (Å²) in [5.74, 6) is 0.788. The molecule has 0 saturated carbocycles. The van der Waals surface area contributed by atoms with Gasteiger partial charge in [0.15, 0.2) is 0 Å². The predicted octanol–water partition coefficient (Wildman–Crippen LogP) is 3.35. The van der Waals surface area contributed by atoms with Crippen molar-refractivity contribution in [1.29, 1.82) is 0 Å². The molecule has 0 spiro atoms. The van der Waals surface area contributed by atoms with Gasteiger partial charge < -0.3 is 20.1 Å². The van der Waals surface area contributed by atoms with E-state index in [2.05, 4.69) is 15.5 Å². The number of hydrogen-bond acceptors (Lipinski definition) is 4. The lowest BCUT2D eigenvalue weighted by Gasteiger charge is -2.26. The normalized spacial score (nSPS) is 14.7. The molecule has 0 bridgehead atoms. The predicted molar refractivity (Wildman–Crippen MR) is 103 cm³/mol. The van der Waals surface area contributed by atoms with E-state index in [1.165, 1.54) is 0 Å². The number of carbonyl (C=O) groups excluding carboxylic acids is 1. The lowest BCUT2D eigenvalue weighted by atomic mass is 10.2. The third-order valence-corrected chi connectivity index (χ3v) is 4.25. The van der Waals surface area contributed by atoms with Crippen LogP contribution in [-0.4, -0.2) is 50.4 Å². The number of carbonyl (C=O) groups is 1. The molecule has 138 valence electrons. The molecule has 2 aromatic carbocycles. The quantitative estimate of drug-likeness (QED) is 0.834. The summed E-state index contributed by atoms with van der Waals surface area (Å²) in [7, 11) is 0. The van der Waals surface area contributed by atoms with Gasteiger partial charge in [0.2, 0.25) is 0 Å². The van der Waals surface area contributed by atoms with Crippen LogP contribution in [0.25, 0.3) is 0 Å². The first kappa shape index (κ1) is 18.2. The zero-order valence-electron chi connectivity index (χ0n) is 15.0. The van der Waals surface area contributed by atoms with Gasteiger partial charge >= 0.3 is 6.03 Å². The molecule has 1 aliphatic heterocycles. The Bertz CT molecular complexity index is 715. The molecule has 0 atom stereocenters. The molecule has 2 aromatic rings. The molecule has 2 amide bonds. The van der Waals surface area contributed by atoms with Gasteiger partial charge in [-0.25, -0.2) is 4.79 Å². The number of benzene rings is 2. The number of morpholine rings is 1. The first-order chi connectivity index (χ1) is 12.7. The van der Waals surface area contributed by atoms with Crippen LogP contribution in [0.3, 0.4) is 0 Å². The largest absolute Gasteiger partial charge is 0.492 e. The minimum atomic E-state index is -0.278. The number of nitrogens with one attached hydrogen (secondary N) is 2. The molecule has 26 heavy (non-hydrogen) atoms. The van der Waals surface area contributed by atoms with Crippen LogP contribution in [0.4, 0.5) is 16.2 Å². The second-order valence-electron chi connectivity index (χ2n) is 6.23. The van der Waals surface area contributed by atoms with E-state index in [0.29, 0.717) is 12.3 Å². The second-order valence-corrected chi connectivity index (χ2v) is 6.23. The van der Waals surface area contributed by atoms with Gasteiger partial charge in [0.1, 0.15) is 12.4 Å². The van der Waals surface area contributed by atoms with E-state index in [4.69, 9.17) is 9.47 Å². The topological polar surface area (TPSA) is 62.8 Å². The monoisotopic (exact) mass is 355 g/mol. The maximum Gasteiger partial charge on any atom is 0.323 e. The van der Waals surface area contributed by atoms with E-state index in [0.717, 1.165) is 49.8 Å². The van der Waals surface area contributed by atoms with Crippen LogP contribution < -0.4 is 15.4 Å². The van der Waals surface area contributed by atoms with Crippen LogP contribution >= 0.6 is 0 Å². The summed E-state index contributed by atoms with van der Waals surface area (Å²) in [5.41, 5.74) is 2.49. The summed E-state index contributed by atoms with van der Waals surface area (Å²) in [6.07, 6.45) is 0. The van der Waals surface area contributed by atoms with Crippen molar-refractivity contribution < 1.29 is 14.3 Å². The number of nitrogens with zero attached hydrogens (tertiary/aromatic N) is 1. The van der Waals surface area contributed by atoms with Crippen molar-refractivity contribution in [3.05, 3.63) is 54.1 Å². The Morgan fingerprint density at radius 2 is 1.81 bits per heavy atom. The Labute approximate surface area is 154 Å². The Hall–Kier alpha value is -2.57. The minimum Gasteiger partial charge on any atom is -0.492 e. The van der Waals surface area contributed by atoms with E-state index in [1.54, 1.807) is 0 Å². The standard InChI is InChI=1S/C20H25N3O3/c1-16-7-8-18(22-20(24)21-17-5-3-2-4-6-17)15-19(16)26-14-11-23-9-12-25-13-10-23/h2-8,15H,9-14H2,1H3,(H2,21,22,24). The summed E-state index contributed by atoms with van der Waals surface area (Å²) in [5, 5.41) is 5.64. The number of amides is 2. The summed E-state index contributed by atoms with van der Waals surface area (Å²) in [6, 6.07) is 14.7. The number of ether oxygens (including phenoxy) is 2. The Morgan fingerprint density at radius 3 is 2.58 bits per heavy atom. The number of rotatable bonds is 6. The highest BCUT2D eigenvalue weighted by Crippen LogP contribution is 2.23. The van der Waals surface area contributed by atoms with Crippen LogP contribution in [0.1, 0.15) is 5.56 Å². The molecule has 1 saturated heterocycles. The maximum absolute atomic E-state index is 12.1. The summed E-state index contributed by atoms with van der Waals surface area (Å²) >= 11 is 0. The Morgan fingerprint density at radius 1 is 1.08 bits per heavy atom. The van der Waals surface area contributed by atoms with Crippen molar-refractivity contribution in [3.8, 4) is 5.75 Å². The number of urea groups is 1. The second kappa shape index (κ2) is 9.22. The van der Waals surface area contributed by atoms with Crippen molar-refractivity contribution in [1.82, 2.24) is 4.90 Å².